The molecule has 1 N–H and O–H groups in total. The zero-order valence-electron chi connectivity index (χ0n) is 13.2. The molecule has 1 fully saturated rings. The van der Waals surface area contributed by atoms with E-state index in [1.165, 1.54) is 12.1 Å². The third-order valence-corrected chi connectivity index (χ3v) is 4.05. The lowest BCUT2D eigenvalue weighted by Gasteiger charge is -2.17. The van der Waals surface area contributed by atoms with E-state index in [-0.39, 0.29) is 30.1 Å². The Morgan fingerprint density at radius 3 is 2.62 bits per heavy atom. The van der Waals surface area contributed by atoms with Crippen LogP contribution < -0.4 is 5.32 Å². The third kappa shape index (κ3) is 4.19. The van der Waals surface area contributed by atoms with E-state index in [1.54, 1.807) is 17.0 Å². The SMILES string of the molecule is O=C(Cc1ccccc1)NC1CC(=O)N(Cc2cccc(F)c2)C1. The molecule has 1 saturated heterocycles. The number of halogens is 1. The average Bonchev–Trinajstić information content (AvgIpc) is 2.87. The largest absolute Gasteiger partial charge is 0.351 e. The Morgan fingerprint density at radius 2 is 1.88 bits per heavy atom. The molecule has 1 aliphatic rings. The van der Waals surface area contributed by atoms with E-state index in [0.29, 0.717) is 19.5 Å². The third-order valence-electron chi connectivity index (χ3n) is 4.05. The van der Waals surface area contributed by atoms with Gasteiger partial charge < -0.3 is 10.2 Å². The van der Waals surface area contributed by atoms with Crippen LogP contribution in [0.15, 0.2) is 54.6 Å². The van der Waals surface area contributed by atoms with Crippen LogP contribution in [0, 0.1) is 5.82 Å². The van der Waals surface area contributed by atoms with E-state index in [2.05, 4.69) is 5.32 Å². The normalized spacial score (nSPS) is 17.1. The highest BCUT2D eigenvalue weighted by Gasteiger charge is 2.30. The molecule has 0 aromatic heterocycles. The first kappa shape index (κ1) is 16.2. The van der Waals surface area contributed by atoms with Crippen LogP contribution in [-0.2, 0) is 22.6 Å². The van der Waals surface area contributed by atoms with Gasteiger partial charge in [0.05, 0.1) is 12.5 Å². The van der Waals surface area contributed by atoms with E-state index < -0.39 is 0 Å². The van der Waals surface area contributed by atoms with Crippen molar-refractivity contribution in [3.05, 3.63) is 71.5 Å². The van der Waals surface area contributed by atoms with Crippen molar-refractivity contribution in [2.75, 3.05) is 6.54 Å². The summed E-state index contributed by atoms with van der Waals surface area (Å²) in [5, 5.41) is 2.91. The van der Waals surface area contributed by atoms with Gasteiger partial charge in [-0.3, -0.25) is 9.59 Å². The zero-order valence-corrected chi connectivity index (χ0v) is 13.2. The van der Waals surface area contributed by atoms with Crippen molar-refractivity contribution in [3.63, 3.8) is 0 Å². The molecule has 0 spiro atoms. The van der Waals surface area contributed by atoms with Gasteiger partial charge in [0.2, 0.25) is 11.8 Å². The van der Waals surface area contributed by atoms with Crippen LogP contribution in [0.2, 0.25) is 0 Å². The number of likely N-dealkylation sites (tertiary alicyclic amines) is 1. The predicted molar refractivity (Wildman–Crippen MR) is 88.5 cm³/mol. The molecule has 2 aromatic rings. The molecular formula is C19H19FN2O2. The molecule has 0 bridgehead atoms. The summed E-state index contributed by atoms with van der Waals surface area (Å²) in [7, 11) is 0. The minimum absolute atomic E-state index is 0.0238. The molecule has 3 rings (SSSR count). The van der Waals surface area contributed by atoms with Gasteiger partial charge in [0.1, 0.15) is 5.82 Å². The molecule has 4 nitrogen and oxygen atoms in total. The predicted octanol–water partition coefficient (Wildman–Crippen LogP) is 2.29. The lowest BCUT2D eigenvalue weighted by molar-refractivity contribution is -0.128. The number of nitrogens with zero attached hydrogens (tertiary/aromatic N) is 1. The first-order chi connectivity index (χ1) is 11.6. The fourth-order valence-electron chi connectivity index (χ4n) is 2.94. The van der Waals surface area contributed by atoms with Gasteiger partial charge in [-0.25, -0.2) is 4.39 Å². The van der Waals surface area contributed by atoms with Crippen molar-refractivity contribution in [3.8, 4) is 0 Å². The van der Waals surface area contributed by atoms with Gasteiger partial charge in [-0.05, 0) is 23.3 Å². The molecule has 124 valence electrons. The van der Waals surface area contributed by atoms with Crippen LogP contribution in [0.1, 0.15) is 17.5 Å². The lowest BCUT2D eigenvalue weighted by atomic mass is 10.1. The quantitative estimate of drug-likeness (QED) is 0.916. The van der Waals surface area contributed by atoms with E-state index in [1.807, 2.05) is 30.3 Å². The summed E-state index contributed by atoms with van der Waals surface area (Å²) < 4.78 is 13.2. The Labute approximate surface area is 140 Å². The second-order valence-corrected chi connectivity index (χ2v) is 6.04. The number of benzene rings is 2. The van der Waals surface area contributed by atoms with Crippen LogP contribution in [-0.4, -0.2) is 29.3 Å². The van der Waals surface area contributed by atoms with Crippen LogP contribution in [0.5, 0.6) is 0 Å². The first-order valence-corrected chi connectivity index (χ1v) is 7.95. The maximum Gasteiger partial charge on any atom is 0.225 e. The Kier molecular flexibility index (Phi) is 4.89. The minimum Gasteiger partial charge on any atom is -0.351 e. The van der Waals surface area contributed by atoms with Gasteiger partial charge in [-0.1, -0.05) is 42.5 Å². The molecule has 2 amide bonds. The Bertz CT molecular complexity index is 733. The van der Waals surface area contributed by atoms with Crippen LogP contribution in [0.25, 0.3) is 0 Å². The number of rotatable bonds is 5. The summed E-state index contributed by atoms with van der Waals surface area (Å²) in [6.45, 7) is 0.817. The standard InChI is InChI=1S/C19H19FN2O2/c20-16-8-4-7-15(9-16)12-22-13-17(11-19(22)24)21-18(23)10-14-5-2-1-3-6-14/h1-9,17H,10-13H2,(H,21,23). The molecule has 0 radical (unpaired) electrons. The number of hydrogen-bond acceptors (Lipinski definition) is 2. The Balaban J connectivity index is 1.53. The fourth-order valence-corrected chi connectivity index (χ4v) is 2.94. The summed E-state index contributed by atoms with van der Waals surface area (Å²) >= 11 is 0. The van der Waals surface area contributed by atoms with Crippen molar-refractivity contribution in [1.29, 1.82) is 0 Å². The Hall–Kier alpha value is -2.69. The van der Waals surface area contributed by atoms with Crippen LogP contribution in [0.4, 0.5) is 4.39 Å². The minimum atomic E-state index is -0.313. The van der Waals surface area contributed by atoms with Crippen molar-refractivity contribution >= 4 is 11.8 Å². The molecule has 2 aromatic carbocycles. The zero-order chi connectivity index (χ0) is 16.9. The van der Waals surface area contributed by atoms with E-state index in [4.69, 9.17) is 0 Å². The van der Waals surface area contributed by atoms with E-state index >= 15 is 0 Å². The highest BCUT2D eigenvalue weighted by atomic mass is 19.1. The maximum atomic E-state index is 13.2. The van der Waals surface area contributed by atoms with Gasteiger partial charge >= 0.3 is 0 Å². The van der Waals surface area contributed by atoms with E-state index in [9.17, 15) is 14.0 Å². The topological polar surface area (TPSA) is 49.4 Å². The summed E-state index contributed by atoms with van der Waals surface area (Å²) in [5.74, 6) is -0.428. The van der Waals surface area contributed by atoms with Gasteiger partial charge in [0, 0.05) is 19.5 Å². The van der Waals surface area contributed by atoms with Gasteiger partial charge in [0.25, 0.3) is 0 Å². The maximum absolute atomic E-state index is 13.2. The lowest BCUT2D eigenvalue weighted by Crippen LogP contribution is -2.37. The monoisotopic (exact) mass is 326 g/mol. The molecular weight excluding hydrogens is 307 g/mol. The molecule has 1 unspecified atom stereocenters. The number of nitrogens with one attached hydrogen (secondary N) is 1. The van der Waals surface area contributed by atoms with Gasteiger partial charge in [-0.15, -0.1) is 0 Å². The van der Waals surface area contributed by atoms with Gasteiger partial charge in [-0.2, -0.15) is 0 Å². The summed E-state index contributed by atoms with van der Waals surface area (Å²) in [4.78, 5) is 25.8. The summed E-state index contributed by atoms with van der Waals surface area (Å²) in [6, 6.07) is 15.5. The number of carbonyl (C=O) groups is 2. The fraction of sp³-hybridized carbons (Fsp3) is 0.263. The molecule has 24 heavy (non-hydrogen) atoms. The van der Waals surface area contributed by atoms with Crippen LogP contribution >= 0.6 is 0 Å². The van der Waals surface area contributed by atoms with E-state index in [0.717, 1.165) is 11.1 Å². The molecule has 0 aliphatic carbocycles. The Morgan fingerprint density at radius 1 is 1.12 bits per heavy atom. The summed E-state index contributed by atoms with van der Waals surface area (Å²) in [6.07, 6.45) is 0.589. The van der Waals surface area contributed by atoms with Crippen molar-refractivity contribution < 1.29 is 14.0 Å². The number of hydrogen-bond donors (Lipinski definition) is 1. The second kappa shape index (κ2) is 7.25. The highest BCUT2D eigenvalue weighted by Crippen LogP contribution is 2.16. The highest BCUT2D eigenvalue weighted by molar-refractivity contribution is 5.83. The number of amides is 2. The molecule has 0 saturated carbocycles. The molecule has 5 heteroatoms. The smallest absolute Gasteiger partial charge is 0.225 e. The number of carbonyl (C=O) groups excluding carboxylic acids is 2. The van der Waals surface area contributed by atoms with Crippen LogP contribution in [0.3, 0.4) is 0 Å². The van der Waals surface area contributed by atoms with Crippen molar-refractivity contribution in [2.45, 2.75) is 25.4 Å². The van der Waals surface area contributed by atoms with Gasteiger partial charge in [0.15, 0.2) is 0 Å². The molecule has 1 aliphatic heterocycles. The van der Waals surface area contributed by atoms with Crippen molar-refractivity contribution in [2.24, 2.45) is 0 Å². The summed E-state index contributed by atoms with van der Waals surface area (Å²) in [5.41, 5.74) is 1.69. The first-order valence-electron chi connectivity index (χ1n) is 7.95. The molecule has 1 atom stereocenters. The average molecular weight is 326 g/mol. The molecule has 1 heterocycles. The second-order valence-electron chi connectivity index (χ2n) is 6.04. The van der Waals surface area contributed by atoms with Crippen molar-refractivity contribution in [1.82, 2.24) is 10.2 Å².